The van der Waals surface area contributed by atoms with E-state index in [2.05, 4.69) is 15.2 Å². The van der Waals surface area contributed by atoms with Crippen LogP contribution in [-0.4, -0.2) is 28.8 Å². The molecular weight excluding hydrogens is 330 g/mol. The second-order valence-electron chi connectivity index (χ2n) is 5.13. The van der Waals surface area contributed by atoms with Crippen LogP contribution >= 0.6 is 11.6 Å². The molecule has 0 bridgehead atoms. The van der Waals surface area contributed by atoms with Crippen molar-refractivity contribution in [2.24, 2.45) is 7.05 Å². The molecule has 0 aliphatic carbocycles. The van der Waals surface area contributed by atoms with Crippen LogP contribution in [0.2, 0.25) is 5.02 Å². The number of ether oxygens (including phenoxy) is 1. The lowest BCUT2D eigenvalue weighted by Crippen LogP contribution is -2.14. The third-order valence-electron chi connectivity index (χ3n) is 3.61. The van der Waals surface area contributed by atoms with E-state index in [4.69, 9.17) is 11.6 Å². The first kappa shape index (κ1) is 16.0. The van der Waals surface area contributed by atoms with Crippen molar-refractivity contribution < 1.29 is 14.3 Å². The van der Waals surface area contributed by atoms with Crippen molar-refractivity contribution in [1.82, 2.24) is 9.78 Å². The van der Waals surface area contributed by atoms with E-state index in [0.717, 1.165) is 10.9 Å². The first-order valence-corrected chi connectivity index (χ1v) is 7.50. The van der Waals surface area contributed by atoms with Gasteiger partial charge in [-0.15, -0.1) is 0 Å². The quantitative estimate of drug-likeness (QED) is 0.741. The Bertz CT molecular complexity index is 949. The predicted molar refractivity (Wildman–Crippen MR) is 91.5 cm³/mol. The Morgan fingerprint density at radius 3 is 2.71 bits per heavy atom. The molecule has 2 aromatic carbocycles. The van der Waals surface area contributed by atoms with Gasteiger partial charge in [-0.1, -0.05) is 29.8 Å². The molecule has 7 heteroatoms. The summed E-state index contributed by atoms with van der Waals surface area (Å²) in [5, 5.41) is 8.01. The van der Waals surface area contributed by atoms with Gasteiger partial charge in [0.2, 0.25) is 0 Å². The summed E-state index contributed by atoms with van der Waals surface area (Å²) in [6, 6.07) is 11.9. The summed E-state index contributed by atoms with van der Waals surface area (Å²) in [6.45, 7) is 0. The van der Waals surface area contributed by atoms with Gasteiger partial charge in [0.25, 0.3) is 5.91 Å². The van der Waals surface area contributed by atoms with Crippen LogP contribution < -0.4 is 5.32 Å². The summed E-state index contributed by atoms with van der Waals surface area (Å²) < 4.78 is 6.31. The van der Waals surface area contributed by atoms with E-state index < -0.39 is 11.9 Å². The Morgan fingerprint density at radius 1 is 1.21 bits per heavy atom. The van der Waals surface area contributed by atoms with Crippen molar-refractivity contribution in [3.05, 3.63) is 58.7 Å². The Balaban J connectivity index is 1.96. The van der Waals surface area contributed by atoms with Gasteiger partial charge in [0.05, 0.1) is 28.9 Å². The van der Waals surface area contributed by atoms with E-state index in [0.29, 0.717) is 16.3 Å². The number of hydrogen-bond acceptors (Lipinski definition) is 4. The molecule has 6 nitrogen and oxygen atoms in total. The van der Waals surface area contributed by atoms with Gasteiger partial charge in [0.15, 0.2) is 5.69 Å². The standard InChI is InChI=1S/C17H14ClN3O3/c1-21-14-6-4-3-5-11(14)15(20-21)16(22)19-13-9-10(17(23)24-2)7-8-12(13)18/h3-9H,1-2H3,(H,19,22). The molecule has 0 saturated carbocycles. The fourth-order valence-corrected chi connectivity index (χ4v) is 2.59. The van der Waals surface area contributed by atoms with Gasteiger partial charge in [-0.2, -0.15) is 5.10 Å². The number of carbonyl (C=O) groups excluding carboxylic acids is 2. The molecule has 0 spiro atoms. The van der Waals surface area contributed by atoms with Crippen LogP contribution in [0.4, 0.5) is 5.69 Å². The van der Waals surface area contributed by atoms with Gasteiger partial charge in [-0.3, -0.25) is 9.48 Å². The number of benzene rings is 2. The molecule has 0 radical (unpaired) electrons. The van der Waals surface area contributed by atoms with Gasteiger partial charge < -0.3 is 10.1 Å². The maximum absolute atomic E-state index is 12.6. The molecular formula is C17H14ClN3O3. The minimum atomic E-state index is -0.509. The van der Waals surface area contributed by atoms with E-state index in [1.54, 1.807) is 11.7 Å². The van der Waals surface area contributed by atoms with Gasteiger partial charge in [0.1, 0.15) is 0 Å². The number of halogens is 1. The summed E-state index contributed by atoms with van der Waals surface area (Å²) in [7, 11) is 3.05. The highest BCUT2D eigenvalue weighted by molar-refractivity contribution is 6.34. The number of nitrogens with zero attached hydrogens (tertiary/aromatic N) is 2. The SMILES string of the molecule is COC(=O)c1ccc(Cl)c(NC(=O)c2nn(C)c3ccccc23)c1. The maximum Gasteiger partial charge on any atom is 0.337 e. The van der Waals surface area contributed by atoms with Crippen LogP contribution in [0.3, 0.4) is 0 Å². The predicted octanol–water partition coefficient (Wildman–Crippen LogP) is 3.27. The van der Waals surface area contributed by atoms with E-state index in [-0.39, 0.29) is 5.69 Å². The maximum atomic E-state index is 12.6. The third-order valence-corrected chi connectivity index (χ3v) is 3.94. The normalized spacial score (nSPS) is 10.6. The second-order valence-corrected chi connectivity index (χ2v) is 5.54. The van der Waals surface area contributed by atoms with Crippen molar-refractivity contribution in [3.8, 4) is 0 Å². The molecule has 0 aliphatic rings. The molecule has 0 saturated heterocycles. The van der Waals surface area contributed by atoms with Crippen molar-refractivity contribution >= 4 is 40.1 Å². The first-order valence-electron chi connectivity index (χ1n) is 7.12. The lowest BCUT2D eigenvalue weighted by atomic mass is 10.1. The Hall–Kier alpha value is -2.86. The zero-order chi connectivity index (χ0) is 17.3. The van der Waals surface area contributed by atoms with Crippen LogP contribution in [0.5, 0.6) is 0 Å². The van der Waals surface area contributed by atoms with Crippen molar-refractivity contribution in [2.75, 3.05) is 12.4 Å². The third kappa shape index (κ3) is 2.83. The van der Waals surface area contributed by atoms with E-state index in [1.165, 1.54) is 25.3 Å². The Labute approximate surface area is 143 Å². The number of rotatable bonds is 3. The number of aromatic nitrogens is 2. The summed E-state index contributed by atoms with van der Waals surface area (Å²) in [5.74, 6) is -0.916. The average molecular weight is 344 g/mol. The Kier molecular flexibility index (Phi) is 4.22. The molecule has 3 rings (SSSR count). The number of nitrogens with one attached hydrogen (secondary N) is 1. The van der Waals surface area contributed by atoms with Gasteiger partial charge >= 0.3 is 5.97 Å². The zero-order valence-corrected chi connectivity index (χ0v) is 13.8. The molecule has 1 amide bonds. The molecule has 1 heterocycles. The average Bonchev–Trinajstić information content (AvgIpc) is 2.93. The van der Waals surface area contributed by atoms with E-state index in [1.807, 2.05) is 24.3 Å². The lowest BCUT2D eigenvalue weighted by Gasteiger charge is -2.08. The van der Waals surface area contributed by atoms with Crippen LogP contribution in [0.15, 0.2) is 42.5 Å². The van der Waals surface area contributed by atoms with E-state index >= 15 is 0 Å². The molecule has 0 unspecified atom stereocenters. The van der Waals surface area contributed by atoms with Crippen LogP contribution in [-0.2, 0) is 11.8 Å². The fourth-order valence-electron chi connectivity index (χ4n) is 2.43. The summed E-state index contributed by atoms with van der Waals surface area (Å²) >= 11 is 6.11. The number of amides is 1. The summed E-state index contributed by atoms with van der Waals surface area (Å²) in [6.07, 6.45) is 0. The van der Waals surface area contributed by atoms with Gasteiger partial charge in [-0.05, 0) is 24.3 Å². The van der Waals surface area contributed by atoms with Crippen LogP contribution in [0.25, 0.3) is 10.9 Å². The largest absolute Gasteiger partial charge is 0.465 e. The zero-order valence-electron chi connectivity index (χ0n) is 13.0. The van der Waals surface area contributed by atoms with Crippen molar-refractivity contribution in [1.29, 1.82) is 0 Å². The minimum Gasteiger partial charge on any atom is -0.465 e. The molecule has 0 fully saturated rings. The molecule has 122 valence electrons. The number of aryl methyl sites for hydroxylation is 1. The van der Waals surface area contributed by atoms with Gasteiger partial charge in [-0.25, -0.2) is 4.79 Å². The highest BCUT2D eigenvalue weighted by atomic mass is 35.5. The highest BCUT2D eigenvalue weighted by Gasteiger charge is 2.18. The smallest absolute Gasteiger partial charge is 0.337 e. The minimum absolute atomic E-state index is 0.285. The van der Waals surface area contributed by atoms with Crippen LogP contribution in [0.1, 0.15) is 20.8 Å². The second kappa shape index (κ2) is 6.33. The summed E-state index contributed by atoms with van der Waals surface area (Å²) in [5.41, 5.74) is 1.74. The molecule has 0 atom stereocenters. The fraction of sp³-hybridized carbons (Fsp3) is 0.118. The highest BCUT2D eigenvalue weighted by Crippen LogP contribution is 2.25. The molecule has 1 N–H and O–H groups in total. The number of para-hydroxylation sites is 1. The molecule has 0 aliphatic heterocycles. The van der Waals surface area contributed by atoms with Crippen molar-refractivity contribution in [3.63, 3.8) is 0 Å². The number of hydrogen-bond donors (Lipinski definition) is 1. The lowest BCUT2D eigenvalue weighted by molar-refractivity contribution is 0.0600. The van der Waals surface area contributed by atoms with Crippen molar-refractivity contribution in [2.45, 2.75) is 0 Å². The molecule has 3 aromatic rings. The monoisotopic (exact) mass is 343 g/mol. The first-order chi connectivity index (χ1) is 11.5. The van der Waals surface area contributed by atoms with E-state index in [9.17, 15) is 9.59 Å². The molecule has 1 aromatic heterocycles. The topological polar surface area (TPSA) is 73.2 Å². The number of carbonyl (C=O) groups is 2. The number of methoxy groups -OCH3 is 1. The Morgan fingerprint density at radius 2 is 1.96 bits per heavy atom. The number of esters is 1. The summed E-state index contributed by atoms with van der Waals surface area (Å²) in [4.78, 5) is 24.2. The molecule has 24 heavy (non-hydrogen) atoms. The number of fused-ring (bicyclic) bond motifs is 1. The van der Waals surface area contributed by atoms with Crippen LogP contribution in [0, 0.1) is 0 Å². The van der Waals surface area contributed by atoms with Gasteiger partial charge in [0, 0.05) is 12.4 Å². The number of anilines is 1.